The summed E-state index contributed by atoms with van der Waals surface area (Å²) in [5.41, 5.74) is 0. The fourth-order valence-electron chi connectivity index (χ4n) is 1.19. The third-order valence-corrected chi connectivity index (χ3v) is 3.23. The highest BCUT2D eigenvalue weighted by Crippen LogP contribution is 2.14. The van der Waals surface area contributed by atoms with E-state index in [2.05, 4.69) is 9.97 Å². The van der Waals surface area contributed by atoms with Gasteiger partial charge in [-0.2, -0.15) is 8.42 Å². The molecule has 0 aliphatic rings. The Labute approximate surface area is 102 Å². The molecule has 0 atom stereocenters. The van der Waals surface area contributed by atoms with Crippen LogP contribution in [-0.2, 0) is 10.0 Å². The van der Waals surface area contributed by atoms with Crippen molar-refractivity contribution in [3.63, 3.8) is 0 Å². The van der Waals surface area contributed by atoms with Crippen molar-refractivity contribution in [2.75, 3.05) is 4.72 Å². The Bertz CT molecular complexity index is 659. The third kappa shape index (κ3) is 2.59. The monoisotopic (exact) mass is 271 g/mol. The van der Waals surface area contributed by atoms with Gasteiger partial charge in [0.2, 0.25) is 5.03 Å². The second-order valence-electron chi connectivity index (χ2n) is 3.26. The second kappa shape index (κ2) is 4.65. The van der Waals surface area contributed by atoms with Gasteiger partial charge in [-0.05, 0) is 24.3 Å². The lowest BCUT2D eigenvalue weighted by Crippen LogP contribution is -2.16. The summed E-state index contributed by atoms with van der Waals surface area (Å²) in [6.45, 7) is 0. The summed E-state index contributed by atoms with van der Waals surface area (Å²) in [6.07, 6.45) is 1.99. The molecular formula is C10H7F2N3O2S. The molecule has 0 fully saturated rings. The molecule has 2 aromatic rings. The van der Waals surface area contributed by atoms with E-state index in [1.807, 2.05) is 4.72 Å². The molecule has 0 unspecified atom stereocenters. The molecule has 0 amide bonds. The topological polar surface area (TPSA) is 72.0 Å². The summed E-state index contributed by atoms with van der Waals surface area (Å²) in [4.78, 5) is 6.94. The summed E-state index contributed by atoms with van der Waals surface area (Å²) in [6, 6.07) is 4.39. The maximum absolute atomic E-state index is 13.3. The van der Waals surface area contributed by atoms with E-state index < -0.39 is 26.7 Å². The summed E-state index contributed by atoms with van der Waals surface area (Å²) in [5, 5.41) is -0.740. The van der Waals surface area contributed by atoms with Gasteiger partial charge in [-0.3, -0.25) is 4.72 Å². The maximum Gasteiger partial charge on any atom is 0.283 e. The van der Waals surface area contributed by atoms with Crippen LogP contribution < -0.4 is 4.72 Å². The van der Waals surface area contributed by atoms with Gasteiger partial charge in [0.05, 0.1) is 6.20 Å². The van der Waals surface area contributed by atoms with Gasteiger partial charge < -0.3 is 0 Å². The molecule has 0 aromatic carbocycles. The van der Waals surface area contributed by atoms with Crippen LogP contribution in [0.1, 0.15) is 0 Å². The highest BCUT2D eigenvalue weighted by Gasteiger charge is 2.20. The summed E-state index contributed by atoms with van der Waals surface area (Å²) < 4.78 is 51.4. The molecule has 18 heavy (non-hydrogen) atoms. The van der Waals surface area contributed by atoms with Crippen molar-refractivity contribution in [3.8, 4) is 0 Å². The van der Waals surface area contributed by atoms with Crippen LogP contribution in [0.3, 0.4) is 0 Å². The Kier molecular flexibility index (Phi) is 3.19. The van der Waals surface area contributed by atoms with Gasteiger partial charge in [0.15, 0.2) is 5.82 Å². The highest BCUT2D eigenvalue weighted by molar-refractivity contribution is 7.92. The van der Waals surface area contributed by atoms with Crippen LogP contribution >= 0.6 is 0 Å². The van der Waals surface area contributed by atoms with Gasteiger partial charge in [0, 0.05) is 6.20 Å². The molecule has 2 rings (SSSR count). The largest absolute Gasteiger partial charge is 0.283 e. The number of anilines is 1. The first-order chi connectivity index (χ1) is 8.49. The number of pyridine rings is 2. The number of hydrogen-bond acceptors (Lipinski definition) is 4. The number of nitrogens with one attached hydrogen (secondary N) is 1. The molecule has 0 radical (unpaired) electrons. The first kappa shape index (κ1) is 12.4. The summed E-state index contributed by atoms with van der Waals surface area (Å²) >= 11 is 0. The van der Waals surface area contributed by atoms with Gasteiger partial charge in [0.1, 0.15) is 11.6 Å². The standard InChI is InChI=1S/C10H7F2N3O2S/c11-7-3-4-9(14-6-7)15-18(16,17)10-8(12)2-1-5-13-10/h1-6H,(H,14,15). The van der Waals surface area contributed by atoms with Crippen LogP contribution in [-0.4, -0.2) is 18.4 Å². The van der Waals surface area contributed by atoms with E-state index in [9.17, 15) is 17.2 Å². The van der Waals surface area contributed by atoms with E-state index in [1.54, 1.807) is 0 Å². The van der Waals surface area contributed by atoms with Crippen LogP contribution in [0.4, 0.5) is 14.6 Å². The van der Waals surface area contributed by atoms with E-state index in [-0.39, 0.29) is 5.82 Å². The average Bonchev–Trinajstić information content (AvgIpc) is 2.32. The molecule has 0 aliphatic heterocycles. The van der Waals surface area contributed by atoms with Gasteiger partial charge in [-0.25, -0.2) is 18.7 Å². The number of halogens is 2. The lowest BCUT2D eigenvalue weighted by Gasteiger charge is -2.06. The van der Waals surface area contributed by atoms with Crippen LogP contribution in [0.2, 0.25) is 0 Å². The van der Waals surface area contributed by atoms with E-state index in [0.29, 0.717) is 0 Å². The fourth-order valence-corrected chi connectivity index (χ4v) is 2.21. The van der Waals surface area contributed by atoms with Crippen molar-refractivity contribution < 1.29 is 17.2 Å². The molecule has 8 heteroatoms. The minimum Gasteiger partial charge on any atom is -0.262 e. The van der Waals surface area contributed by atoms with Crippen molar-refractivity contribution in [2.24, 2.45) is 0 Å². The third-order valence-electron chi connectivity index (χ3n) is 1.95. The number of nitrogens with zero attached hydrogens (tertiary/aromatic N) is 2. The molecule has 5 nitrogen and oxygen atoms in total. The van der Waals surface area contributed by atoms with E-state index >= 15 is 0 Å². The molecule has 1 N–H and O–H groups in total. The van der Waals surface area contributed by atoms with Crippen LogP contribution in [0.25, 0.3) is 0 Å². The van der Waals surface area contributed by atoms with Crippen molar-refractivity contribution in [1.29, 1.82) is 0 Å². The molecule has 0 spiro atoms. The molecular weight excluding hydrogens is 264 g/mol. The minimum absolute atomic E-state index is 0.124. The van der Waals surface area contributed by atoms with Gasteiger partial charge in [-0.1, -0.05) is 0 Å². The molecule has 2 heterocycles. The second-order valence-corrected chi connectivity index (χ2v) is 4.86. The summed E-state index contributed by atoms with van der Waals surface area (Å²) in [7, 11) is -4.18. The minimum atomic E-state index is -4.18. The fraction of sp³-hybridized carbons (Fsp3) is 0. The van der Waals surface area contributed by atoms with E-state index in [0.717, 1.165) is 30.6 Å². The molecule has 0 bridgehead atoms. The van der Waals surface area contributed by atoms with Crippen molar-refractivity contribution in [3.05, 3.63) is 48.3 Å². The molecule has 0 saturated heterocycles. The molecule has 2 aromatic heterocycles. The predicted octanol–water partition coefficient (Wildman–Crippen LogP) is 1.56. The molecule has 94 valence electrons. The van der Waals surface area contributed by atoms with Crippen molar-refractivity contribution in [2.45, 2.75) is 5.03 Å². The lowest BCUT2D eigenvalue weighted by atomic mass is 10.5. The van der Waals surface area contributed by atoms with E-state index in [1.165, 1.54) is 6.07 Å². The zero-order valence-corrected chi connectivity index (χ0v) is 9.66. The number of rotatable bonds is 3. The number of aromatic nitrogens is 2. The van der Waals surface area contributed by atoms with Crippen LogP contribution in [0, 0.1) is 11.6 Å². The Morgan fingerprint density at radius 3 is 2.50 bits per heavy atom. The van der Waals surface area contributed by atoms with Crippen molar-refractivity contribution >= 4 is 15.8 Å². The summed E-state index contributed by atoms with van der Waals surface area (Å²) in [5.74, 6) is -1.71. The Hall–Kier alpha value is -2.09. The van der Waals surface area contributed by atoms with Gasteiger partial charge in [-0.15, -0.1) is 0 Å². The van der Waals surface area contributed by atoms with Gasteiger partial charge in [0.25, 0.3) is 10.0 Å². The molecule has 0 saturated carbocycles. The van der Waals surface area contributed by atoms with Crippen LogP contribution in [0.15, 0.2) is 41.7 Å². The van der Waals surface area contributed by atoms with Crippen LogP contribution in [0.5, 0.6) is 0 Å². The Balaban J connectivity index is 2.33. The Morgan fingerprint density at radius 2 is 1.89 bits per heavy atom. The lowest BCUT2D eigenvalue weighted by molar-refractivity contribution is 0.556. The van der Waals surface area contributed by atoms with Gasteiger partial charge >= 0.3 is 0 Å². The quantitative estimate of drug-likeness (QED) is 0.919. The number of sulfonamides is 1. The highest BCUT2D eigenvalue weighted by atomic mass is 32.2. The SMILES string of the molecule is O=S(=O)(Nc1ccc(F)cn1)c1ncccc1F. The first-order valence-electron chi connectivity index (χ1n) is 4.74. The zero-order valence-electron chi connectivity index (χ0n) is 8.84. The zero-order chi connectivity index (χ0) is 13.2. The average molecular weight is 271 g/mol. The Morgan fingerprint density at radius 1 is 1.11 bits per heavy atom. The predicted molar refractivity (Wildman–Crippen MR) is 59.2 cm³/mol. The maximum atomic E-state index is 13.3. The van der Waals surface area contributed by atoms with Crippen molar-refractivity contribution in [1.82, 2.24) is 9.97 Å². The van der Waals surface area contributed by atoms with E-state index in [4.69, 9.17) is 0 Å². The first-order valence-corrected chi connectivity index (χ1v) is 6.22. The molecule has 0 aliphatic carbocycles. The smallest absolute Gasteiger partial charge is 0.262 e. The normalized spacial score (nSPS) is 11.2. The number of hydrogen-bond donors (Lipinski definition) is 1.